The Kier molecular flexibility index (Phi) is 8.08. The van der Waals surface area contributed by atoms with Crippen LogP contribution in [0.4, 0.5) is 24.8 Å². The molecule has 34 heavy (non-hydrogen) atoms. The molecule has 2 rings (SSSR count). The fraction of sp³-hybridized carbons (Fsp3) is 0.400. The molecule has 0 radical (unpaired) electrons. The van der Waals surface area contributed by atoms with Gasteiger partial charge in [-0.1, -0.05) is 12.1 Å². The summed E-state index contributed by atoms with van der Waals surface area (Å²) in [6, 6.07) is 5.97. The molecule has 14 heteroatoms. The van der Waals surface area contributed by atoms with Crippen molar-refractivity contribution in [3.8, 4) is 0 Å². The fourth-order valence-corrected chi connectivity index (χ4v) is 4.03. The molecule has 2 N–H and O–H groups in total. The summed E-state index contributed by atoms with van der Waals surface area (Å²) in [5.74, 6) is -4.32. The first-order valence-corrected chi connectivity index (χ1v) is 11.4. The van der Waals surface area contributed by atoms with Crippen LogP contribution in [0.5, 0.6) is 0 Å². The predicted molar refractivity (Wildman–Crippen MR) is 114 cm³/mol. The second-order valence-corrected chi connectivity index (χ2v) is 8.54. The van der Waals surface area contributed by atoms with Gasteiger partial charge in [-0.3, -0.25) is 0 Å². The Balaban J connectivity index is 2.64. The molecule has 1 heterocycles. The number of anilines is 2. The van der Waals surface area contributed by atoms with Gasteiger partial charge in [0.1, 0.15) is 4.90 Å². The molecule has 0 saturated heterocycles. The van der Waals surface area contributed by atoms with Crippen molar-refractivity contribution in [1.82, 2.24) is 9.97 Å². The van der Waals surface area contributed by atoms with Gasteiger partial charge in [-0.05, 0) is 45.9 Å². The van der Waals surface area contributed by atoms with E-state index in [1.807, 2.05) is 0 Å². The van der Waals surface area contributed by atoms with E-state index in [0.717, 1.165) is 12.1 Å². The molecule has 0 aliphatic carbocycles. The molecule has 0 fully saturated rings. The third kappa shape index (κ3) is 5.55. The molecule has 1 aromatic carbocycles. The van der Waals surface area contributed by atoms with E-state index >= 15 is 0 Å². The van der Waals surface area contributed by atoms with Crippen LogP contribution < -0.4 is 10.0 Å². The average Bonchev–Trinajstić information content (AvgIpc) is 2.70. The van der Waals surface area contributed by atoms with Crippen molar-refractivity contribution in [2.75, 3.05) is 23.3 Å². The lowest BCUT2D eigenvalue weighted by Gasteiger charge is -2.33. The van der Waals surface area contributed by atoms with Crippen molar-refractivity contribution in [2.45, 2.75) is 44.3 Å². The largest absolute Gasteiger partial charge is 0.464 e. The molecule has 0 atom stereocenters. The van der Waals surface area contributed by atoms with Crippen LogP contribution in [0.15, 0.2) is 35.2 Å². The monoisotopic (exact) mass is 504 g/mol. The number of nitrogens with one attached hydrogen (secondary N) is 2. The molecule has 0 unspecified atom stereocenters. The number of esters is 2. The van der Waals surface area contributed by atoms with Crippen LogP contribution in [-0.4, -0.2) is 55.3 Å². The molecule has 0 amide bonds. The Labute approximate surface area is 193 Å². The number of hydrogen-bond acceptors (Lipinski definition) is 9. The van der Waals surface area contributed by atoms with Crippen molar-refractivity contribution >= 4 is 33.6 Å². The second-order valence-electron chi connectivity index (χ2n) is 6.89. The number of carbonyl (C=O) groups is 2. The quantitative estimate of drug-likeness (QED) is 0.390. The van der Waals surface area contributed by atoms with Crippen LogP contribution >= 0.6 is 0 Å². The fourth-order valence-electron chi connectivity index (χ4n) is 2.92. The molecule has 0 aliphatic heterocycles. The number of halogens is 3. The Morgan fingerprint density at radius 2 is 1.47 bits per heavy atom. The third-order valence-electron chi connectivity index (χ3n) is 4.30. The molecule has 1 aromatic heterocycles. The minimum atomic E-state index is -5.56. The Morgan fingerprint density at radius 1 is 0.971 bits per heavy atom. The maximum absolute atomic E-state index is 14.2. The molecule has 0 spiro atoms. The van der Waals surface area contributed by atoms with Gasteiger partial charge in [0.2, 0.25) is 5.95 Å². The Hall–Kier alpha value is -3.42. The molecule has 0 bridgehead atoms. The zero-order valence-corrected chi connectivity index (χ0v) is 19.5. The van der Waals surface area contributed by atoms with Crippen LogP contribution in [-0.2, 0) is 29.1 Å². The van der Waals surface area contributed by atoms with E-state index in [1.54, 1.807) is 25.2 Å². The molecule has 0 aliphatic rings. The standard InChI is InChI=1S/C20H23F3N4O6S/c1-5-32-16(28)19(20(21,22)23,17(29)33-6-2)26-14-9-7-8-10-15(14)34(30,31)27-18-24-12(3)11-13(4)25-18/h7-11,26H,5-6H2,1-4H3,(H,24,25,27). The summed E-state index contributed by atoms with van der Waals surface area (Å²) in [5, 5.41) is 1.75. The molecule has 10 nitrogen and oxygen atoms in total. The number of para-hydroxylation sites is 1. The molecule has 186 valence electrons. The Morgan fingerprint density at radius 3 is 1.94 bits per heavy atom. The number of alkyl halides is 3. The molecule has 2 aromatic rings. The minimum absolute atomic E-state index is 0.315. The third-order valence-corrected chi connectivity index (χ3v) is 5.68. The van der Waals surface area contributed by atoms with Gasteiger partial charge in [0.15, 0.2) is 0 Å². The predicted octanol–water partition coefficient (Wildman–Crippen LogP) is 2.73. The zero-order chi connectivity index (χ0) is 25.7. The topological polar surface area (TPSA) is 137 Å². The summed E-state index contributed by atoms with van der Waals surface area (Å²) in [7, 11) is -4.58. The lowest BCUT2D eigenvalue weighted by molar-refractivity contribution is -0.211. The maximum Gasteiger partial charge on any atom is 0.433 e. The van der Waals surface area contributed by atoms with E-state index in [9.17, 15) is 31.2 Å². The number of hydrogen-bond donors (Lipinski definition) is 2. The number of ether oxygens (including phenoxy) is 2. The molecule has 0 saturated carbocycles. The van der Waals surface area contributed by atoms with Crippen LogP contribution in [0.25, 0.3) is 0 Å². The normalized spacial score (nSPS) is 12.1. The van der Waals surface area contributed by atoms with Gasteiger partial charge < -0.3 is 14.8 Å². The van der Waals surface area contributed by atoms with Crippen molar-refractivity contribution in [1.29, 1.82) is 0 Å². The number of sulfonamides is 1. The van der Waals surface area contributed by atoms with E-state index in [1.165, 1.54) is 26.0 Å². The highest BCUT2D eigenvalue weighted by Gasteiger charge is 2.69. The van der Waals surface area contributed by atoms with Gasteiger partial charge in [-0.25, -0.2) is 32.7 Å². The van der Waals surface area contributed by atoms with Gasteiger partial charge in [-0.2, -0.15) is 13.2 Å². The SMILES string of the molecule is CCOC(=O)C(Nc1ccccc1S(=O)(=O)Nc1nc(C)cc(C)n1)(C(=O)OCC)C(F)(F)F. The number of aryl methyl sites for hydroxylation is 2. The number of nitrogens with zero attached hydrogens (tertiary/aromatic N) is 2. The first-order valence-electron chi connectivity index (χ1n) is 9.92. The van der Waals surface area contributed by atoms with Gasteiger partial charge in [0.25, 0.3) is 10.0 Å². The average molecular weight is 504 g/mol. The highest BCUT2D eigenvalue weighted by molar-refractivity contribution is 7.92. The summed E-state index contributed by atoms with van der Waals surface area (Å²) in [6.07, 6.45) is -5.56. The minimum Gasteiger partial charge on any atom is -0.464 e. The van der Waals surface area contributed by atoms with E-state index in [2.05, 4.69) is 24.2 Å². The number of carbonyl (C=O) groups excluding carboxylic acids is 2. The van der Waals surface area contributed by atoms with Crippen molar-refractivity contribution in [3.05, 3.63) is 41.7 Å². The highest BCUT2D eigenvalue weighted by Crippen LogP contribution is 2.38. The van der Waals surface area contributed by atoms with Crippen molar-refractivity contribution < 1.29 is 40.7 Å². The van der Waals surface area contributed by atoms with E-state index in [4.69, 9.17) is 0 Å². The summed E-state index contributed by atoms with van der Waals surface area (Å²) in [6.45, 7) is 4.72. The lowest BCUT2D eigenvalue weighted by atomic mass is 9.98. The summed E-state index contributed by atoms with van der Waals surface area (Å²) < 4.78 is 79.8. The van der Waals surface area contributed by atoms with Gasteiger partial charge >= 0.3 is 23.7 Å². The van der Waals surface area contributed by atoms with Gasteiger partial charge in [-0.15, -0.1) is 0 Å². The lowest BCUT2D eigenvalue weighted by Crippen LogP contribution is -2.65. The molecular formula is C20H23F3N4O6S. The van der Waals surface area contributed by atoms with Crippen LogP contribution in [0.1, 0.15) is 25.2 Å². The van der Waals surface area contributed by atoms with Crippen LogP contribution in [0, 0.1) is 13.8 Å². The highest BCUT2D eigenvalue weighted by atomic mass is 32.2. The zero-order valence-electron chi connectivity index (χ0n) is 18.7. The summed E-state index contributed by atoms with van der Waals surface area (Å²) in [4.78, 5) is 32.1. The second kappa shape index (κ2) is 10.2. The summed E-state index contributed by atoms with van der Waals surface area (Å²) >= 11 is 0. The molecular weight excluding hydrogens is 481 g/mol. The van der Waals surface area contributed by atoms with Crippen molar-refractivity contribution in [2.24, 2.45) is 0 Å². The maximum atomic E-state index is 14.2. The Bertz CT molecular complexity index is 1130. The number of aromatic nitrogens is 2. The van der Waals surface area contributed by atoms with Gasteiger partial charge in [0.05, 0.1) is 18.9 Å². The first kappa shape index (κ1) is 26.8. The van der Waals surface area contributed by atoms with Crippen molar-refractivity contribution in [3.63, 3.8) is 0 Å². The van der Waals surface area contributed by atoms with Crippen LogP contribution in [0.2, 0.25) is 0 Å². The number of benzene rings is 1. The van der Waals surface area contributed by atoms with E-state index in [0.29, 0.717) is 11.4 Å². The summed E-state index contributed by atoms with van der Waals surface area (Å²) in [5.41, 5.74) is -3.85. The van der Waals surface area contributed by atoms with Gasteiger partial charge in [0, 0.05) is 11.4 Å². The van der Waals surface area contributed by atoms with E-state index in [-0.39, 0.29) is 5.95 Å². The first-order chi connectivity index (χ1) is 15.8. The number of rotatable bonds is 9. The smallest absolute Gasteiger partial charge is 0.433 e. The van der Waals surface area contributed by atoms with E-state index < -0.39 is 57.5 Å². The van der Waals surface area contributed by atoms with Crippen LogP contribution in [0.3, 0.4) is 0 Å².